The predicted molar refractivity (Wildman–Crippen MR) is 109 cm³/mol. The number of esters is 1. The molecule has 1 aromatic carbocycles. The predicted octanol–water partition coefficient (Wildman–Crippen LogP) is 3.40. The molecule has 27 heavy (non-hydrogen) atoms. The standard InChI is InChI=1S/C20H26N2O4S/c1-5-10-25-15-9-8-14(12-16(15)24-7-3)18-17(19(23)26-11-6-2)13(4)21-20(27)22-18/h6,8-9,12,18H,2,5,7,10-11H2,1,3-4H3,(H2,21,22,27)/t18-/m1/s1. The van der Waals surface area contributed by atoms with Crippen molar-refractivity contribution in [3.05, 3.63) is 47.7 Å². The SMILES string of the molecule is C=CCOC(=O)C1=C(C)NC(=S)N[C@@H]1c1ccc(OCCC)c(OCC)c1. The smallest absolute Gasteiger partial charge is 0.338 e. The second-order valence-corrected chi connectivity index (χ2v) is 6.35. The molecule has 2 N–H and O–H groups in total. The molecule has 0 unspecified atom stereocenters. The van der Waals surface area contributed by atoms with E-state index < -0.39 is 12.0 Å². The van der Waals surface area contributed by atoms with E-state index in [1.165, 1.54) is 6.08 Å². The van der Waals surface area contributed by atoms with Crippen LogP contribution in [0.5, 0.6) is 11.5 Å². The van der Waals surface area contributed by atoms with Gasteiger partial charge in [0.1, 0.15) is 6.61 Å². The molecule has 7 heteroatoms. The van der Waals surface area contributed by atoms with Crippen LogP contribution < -0.4 is 20.1 Å². The largest absolute Gasteiger partial charge is 0.490 e. The van der Waals surface area contributed by atoms with Gasteiger partial charge < -0.3 is 24.8 Å². The van der Waals surface area contributed by atoms with E-state index in [0.29, 0.717) is 41.1 Å². The Kier molecular flexibility index (Phi) is 7.67. The van der Waals surface area contributed by atoms with Gasteiger partial charge in [0.05, 0.1) is 24.8 Å². The van der Waals surface area contributed by atoms with Crippen LogP contribution in [0.3, 0.4) is 0 Å². The summed E-state index contributed by atoms with van der Waals surface area (Å²) < 4.78 is 16.7. The van der Waals surface area contributed by atoms with Crippen molar-refractivity contribution in [2.24, 2.45) is 0 Å². The van der Waals surface area contributed by atoms with Gasteiger partial charge in [-0.1, -0.05) is 25.6 Å². The third-order valence-corrected chi connectivity index (χ3v) is 4.10. The first-order valence-electron chi connectivity index (χ1n) is 8.97. The molecule has 0 amide bonds. The van der Waals surface area contributed by atoms with Crippen molar-refractivity contribution in [2.75, 3.05) is 19.8 Å². The lowest BCUT2D eigenvalue weighted by Gasteiger charge is -2.30. The van der Waals surface area contributed by atoms with Gasteiger partial charge in [-0.2, -0.15) is 0 Å². The van der Waals surface area contributed by atoms with E-state index in [2.05, 4.69) is 17.2 Å². The third kappa shape index (κ3) is 5.23. The number of hydrogen-bond donors (Lipinski definition) is 2. The molecule has 1 atom stereocenters. The van der Waals surface area contributed by atoms with E-state index in [0.717, 1.165) is 12.0 Å². The number of rotatable bonds is 9. The van der Waals surface area contributed by atoms with Crippen LogP contribution >= 0.6 is 12.2 Å². The second kappa shape index (κ2) is 9.97. The number of benzene rings is 1. The van der Waals surface area contributed by atoms with Crippen LogP contribution in [0.15, 0.2) is 42.1 Å². The molecule has 2 rings (SSSR count). The summed E-state index contributed by atoms with van der Waals surface area (Å²) in [6.45, 7) is 10.6. The molecule has 1 heterocycles. The Hall–Kier alpha value is -2.54. The summed E-state index contributed by atoms with van der Waals surface area (Å²) in [4.78, 5) is 12.6. The van der Waals surface area contributed by atoms with Gasteiger partial charge in [-0.25, -0.2) is 4.79 Å². The van der Waals surface area contributed by atoms with Gasteiger partial charge in [0.25, 0.3) is 0 Å². The summed E-state index contributed by atoms with van der Waals surface area (Å²) in [5, 5.41) is 6.57. The number of nitrogens with one attached hydrogen (secondary N) is 2. The van der Waals surface area contributed by atoms with Crippen molar-refractivity contribution in [2.45, 2.75) is 33.2 Å². The highest BCUT2D eigenvalue weighted by Gasteiger charge is 2.31. The fourth-order valence-corrected chi connectivity index (χ4v) is 3.00. The summed E-state index contributed by atoms with van der Waals surface area (Å²) in [5.41, 5.74) is 1.95. The molecule has 1 aliphatic rings. The average molecular weight is 391 g/mol. The van der Waals surface area contributed by atoms with E-state index in [1.807, 2.05) is 32.0 Å². The molecule has 0 radical (unpaired) electrons. The van der Waals surface area contributed by atoms with E-state index in [-0.39, 0.29) is 6.61 Å². The van der Waals surface area contributed by atoms with Gasteiger partial charge in [0.15, 0.2) is 16.6 Å². The number of hydrogen-bond acceptors (Lipinski definition) is 5. The summed E-state index contributed by atoms with van der Waals surface area (Å²) in [5.74, 6) is 0.880. The zero-order chi connectivity index (χ0) is 19.8. The Morgan fingerprint density at radius 2 is 2.07 bits per heavy atom. The van der Waals surface area contributed by atoms with Crippen molar-refractivity contribution in [1.29, 1.82) is 0 Å². The summed E-state index contributed by atoms with van der Waals surface area (Å²) in [6, 6.07) is 5.17. The molecule has 1 aromatic rings. The van der Waals surface area contributed by atoms with Crippen molar-refractivity contribution in [1.82, 2.24) is 10.6 Å². The lowest BCUT2D eigenvalue weighted by molar-refractivity contribution is -0.138. The van der Waals surface area contributed by atoms with Crippen LogP contribution in [0.4, 0.5) is 0 Å². The quantitative estimate of drug-likeness (QED) is 0.380. The molecule has 1 aliphatic heterocycles. The summed E-state index contributed by atoms with van der Waals surface area (Å²) in [6.07, 6.45) is 2.43. The Balaban J connectivity index is 2.41. The molecule has 0 spiro atoms. The van der Waals surface area contributed by atoms with Crippen molar-refractivity contribution in [3.63, 3.8) is 0 Å². The topological polar surface area (TPSA) is 68.8 Å². The lowest BCUT2D eigenvalue weighted by Crippen LogP contribution is -2.45. The monoisotopic (exact) mass is 390 g/mol. The molecule has 0 bridgehead atoms. The number of carbonyl (C=O) groups is 1. The van der Waals surface area contributed by atoms with Crippen molar-refractivity contribution in [3.8, 4) is 11.5 Å². The third-order valence-electron chi connectivity index (χ3n) is 3.88. The summed E-state index contributed by atoms with van der Waals surface area (Å²) >= 11 is 5.27. The lowest BCUT2D eigenvalue weighted by atomic mass is 9.95. The normalized spacial score (nSPS) is 16.3. The van der Waals surface area contributed by atoms with Gasteiger partial charge in [0.2, 0.25) is 0 Å². The first kappa shape index (κ1) is 20.8. The second-order valence-electron chi connectivity index (χ2n) is 5.94. The number of thiocarbonyl (C=S) groups is 1. The van der Waals surface area contributed by atoms with E-state index in [1.54, 1.807) is 6.92 Å². The molecule has 0 aliphatic carbocycles. The Morgan fingerprint density at radius 1 is 1.30 bits per heavy atom. The van der Waals surface area contributed by atoms with Crippen LogP contribution in [0.1, 0.15) is 38.8 Å². The molecule has 0 saturated carbocycles. The number of carbonyl (C=O) groups excluding carboxylic acids is 1. The maximum absolute atomic E-state index is 12.6. The van der Waals surface area contributed by atoms with Crippen LogP contribution in [0.2, 0.25) is 0 Å². The van der Waals surface area contributed by atoms with Crippen LogP contribution in [-0.4, -0.2) is 30.9 Å². The van der Waals surface area contributed by atoms with Crippen LogP contribution in [-0.2, 0) is 9.53 Å². The average Bonchev–Trinajstić information content (AvgIpc) is 2.64. The highest BCUT2D eigenvalue weighted by atomic mass is 32.1. The fraction of sp³-hybridized carbons (Fsp3) is 0.400. The van der Waals surface area contributed by atoms with Crippen molar-refractivity contribution >= 4 is 23.3 Å². The minimum absolute atomic E-state index is 0.140. The van der Waals surface area contributed by atoms with Gasteiger partial charge in [0, 0.05) is 5.70 Å². The zero-order valence-electron chi connectivity index (χ0n) is 16.0. The molecule has 0 aromatic heterocycles. The fourth-order valence-electron chi connectivity index (χ4n) is 2.73. The summed E-state index contributed by atoms with van der Waals surface area (Å²) in [7, 11) is 0. The first-order valence-corrected chi connectivity index (χ1v) is 9.38. The van der Waals surface area contributed by atoms with Gasteiger partial charge in [-0.15, -0.1) is 0 Å². The molecule has 0 fully saturated rings. The number of ether oxygens (including phenoxy) is 3. The van der Waals surface area contributed by atoms with E-state index in [9.17, 15) is 4.79 Å². The van der Waals surface area contributed by atoms with E-state index >= 15 is 0 Å². The number of allylic oxidation sites excluding steroid dienone is 1. The van der Waals surface area contributed by atoms with Gasteiger partial charge in [-0.05, 0) is 50.2 Å². The maximum Gasteiger partial charge on any atom is 0.338 e. The van der Waals surface area contributed by atoms with Crippen molar-refractivity contribution < 1.29 is 19.0 Å². The van der Waals surface area contributed by atoms with Crippen LogP contribution in [0, 0.1) is 0 Å². The molecule has 6 nitrogen and oxygen atoms in total. The molecule has 146 valence electrons. The Morgan fingerprint density at radius 3 is 2.74 bits per heavy atom. The maximum atomic E-state index is 12.6. The minimum atomic E-state index is -0.449. The first-order chi connectivity index (χ1) is 13.0. The molecular weight excluding hydrogens is 364 g/mol. The zero-order valence-corrected chi connectivity index (χ0v) is 16.8. The highest BCUT2D eigenvalue weighted by molar-refractivity contribution is 7.80. The molecule has 0 saturated heterocycles. The van der Waals surface area contributed by atoms with Gasteiger partial charge >= 0.3 is 5.97 Å². The highest BCUT2D eigenvalue weighted by Crippen LogP contribution is 2.34. The minimum Gasteiger partial charge on any atom is -0.490 e. The molecular formula is C20H26N2O4S. The Bertz CT molecular complexity index is 745. The Labute approximate surface area is 165 Å². The van der Waals surface area contributed by atoms with Crippen LogP contribution in [0.25, 0.3) is 0 Å². The van der Waals surface area contributed by atoms with E-state index in [4.69, 9.17) is 26.4 Å². The van der Waals surface area contributed by atoms with Gasteiger partial charge in [-0.3, -0.25) is 0 Å².